The van der Waals surface area contributed by atoms with Crippen LogP contribution in [0, 0.1) is 6.92 Å². The first kappa shape index (κ1) is 20.3. The summed E-state index contributed by atoms with van der Waals surface area (Å²) >= 11 is 0. The van der Waals surface area contributed by atoms with Gasteiger partial charge in [0, 0.05) is 29.8 Å². The van der Waals surface area contributed by atoms with Crippen LogP contribution in [0.15, 0.2) is 48.7 Å². The zero-order chi connectivity index (χ0) is 22.1. The first-order chi connectivity index (χ1) is 14.9. The SMILES string of the molecule is CNC(=O)c1cccc(C(=O)c2cnn(-c3cc(C(=O)NC4CC4)ccc3C)c2N)c1. The zero-order valence-corrected chi connectivity index (χ0v) is 17.3. The van der Waals surface area contributed by atoms with Gasteiger partial charge in [-0.25, -0.2) is 4.68 Å². The van der Waals surface area contributed by atoms with Gasteiger partial charge in [0.15, 0.2) is 5.78 Å². The van der Waals surface area contributed by atoms with E-state index >= 15 is 0 Å². The number of amides is 2. The van der Waals surface area contributed by atoms with Gasteiger partial charge in [-0.15, -0.1) is 0 Å². The van der Waals surface area contributed by atoms with Crippen LogP contribution in [-0.4, -0.2) is 40.5 Å². The topological polar surface area (TPSA) is 119 Å². The summed E-state index contributed by atoms with van der Waals surface area (Å²) in [6, 6.07) is 12.0. The smallest absolute Gasteiger partial charge is 0.251 e. The molecule has 0 unspecified atom stereocenters. The number of nitrogens with zero attached hydrogens (tertiary/aromatic N) is 2. The molecule has 0 atom stereocenters. The van der Waals surface area contributed by atoms with Crippen LogP contribution in [0.1, 0.15) is 55.0 Å². The van der Waals surface area contributed by atoms with Crippen LogP contribution in [0.3, 0.4) is 0 Å². The molecule has 2 aromatic carbocycles. The number of benzene rings is 2. The molecular weight excluding hydrogens is 394 g/mol. The number of nitrogens with two attached hydrogens (primary N) is 1. The van der Waals surface area contributed by atoms with Crippen LogP contribution in [0.4, 0.5) is 5.82 Å². The summed E-state index contributed by atoms with van der Waals surface area (Å²) < 4.78 is 1.46. The van der Waals surface area contributed by atoms with Gasteiger partial charge < -0.3 is 16.4 Å². The fourth-order valence-corrected chi connectivity index (χ4v) is 3.30. The lowest BCUT2D eigenvalue weighted by molar-refractivity contribution is 0.0946. The second-order valence-electron chi connectivity index (χ2n) is 7.59. The van der Waals surface area contributed by atoms with E-state index in [2.05, 4.69) is 15.7 Å². The van der Waals surface area contributed by atoms with E-state index in [9.17, 15) is 14.4 Å². The number of aromatic nitrogens is 2. The molecule has 1 aliphatic rings. The lowest BCUT2D eigenvalue weighted by atomic mass is 10.0. The largest absolute Gasteiger partial charge is 0.383 e. The Morgan fingerprint density at radius 1 is 1.03 bits per heavy atom. The standard InChI is InChI=1S/C23H23N5O3/c1-13-6-7-16(23(31)27-17-8-9-17)11-19(13)28-21(24)18(12-26-28)20(29)14-4-3-5-15(10-14)22(30)25-2/h3-7,10-12,17H,8-9,24H2,1-2H3,(H,25,30)(H,27,31). The summed E-state index contributed by atoms with van der Waals surface area (Å²) in [5.41, 5.74) is 9.21. The Hall–Kier alpha value is -3.94. The molecule has 1 aromatic heterocycles. The molecule has 2 amide bonds. The normalized spacial score (nSPS) is 13.0. The molecule has 158 valence electrons. The molecule has 0 saturated heterocycles. The second kappa shape index (κ2) is 8.06. The molecule has 0 bridgehead atoms. The van der Waals surface area contributed by atoms with E-state index < -0.39 is 0 Å². The highest BCUT2D eigenvalue weighted by Gasteiger charge is 2.25. The first-order valence-electron chi connectivity index (χ1n) is 10.0. The number of aryl methyl sites for hydroxylation is 1. The van der Waals surface area contributed by atoms with Crippen molar-refractivity contribution < 1.29 is 14.4 Å². The third kappa shape index (κ3) is 4.05. The van der Waals surface area contributed by atoms with Crippen LogP contribution < -0.4 is 16.4 Å². The molecular formula is C23H23N5O3. The molecule has 1 heterocycles. The summed E-state index contributed by atoms with van der Waals surface area (Å²) in [6.07, 6.45) is 3.41. The lowest BCUT2D eigenvalue weighted by Crippen LogP contribution is -2.25. The van der Waals surface area contributed by atoms with Crippen LogP contribution >= 0.6 is 0 Å². The number of hydrogen-bond acceptors (Lipinski definition) is 5. The quantitative estimate of drug-likeness (QED) is 0.532. The van der Waals surface area contributed by atoms with E-state index in [1.807, 2.05) is 13.0 Å². The molecule has 8 nitrogen and oxygen atoms in total. The number of hydrogen-bond donors (Lipinski definition) is 3. The molecule has 1 aliphatic carbocycles. The minimum absolute atomic E-state index is 0.142. The molecule has 1 saturated carbocycles. The highest BCUT2D eigenvalue weighted by Crippen LogP contribution is 2.25. The Kier molecular flexibility index (Phi) is 5.29. The van der Waals surface area contributed by atoms with Crippen molar-refractivity contribution in [1.82, 2.24) is 20.4 Å². The van der Waals surface area contributed by atoms with Crippen LogP contribution in [0.2, 0.25) is 0 Å². The lowest BCUT2D eigenvalue weighted by Gasteiger charge is -2.11. The minimum atomic E-state index is -0.338. The van der Waals surface area contributed by atoms with E-state index in [0.717, 1.165) is 18.4 Å². The van der Waals surface area contributed by atoms with Crippen molar-refractivity contribution >= 4 is 23.4 Å². The maximum atomic E-state index is 13.0. The average Bonchev–Trinajstić information content (AvgIpc) is 3.52. The molecule has 8 heteroatoms. The van der Waals surface area contributed by atoms with Crippen molar-refractivity contribution in [2.75, 3.05) is 12.8 Å². The fraction of sp³-hybridized carbons (Fsp3) is 0.217. The van der Waals surface area contributed by atoms with Gasteiger partial charge in [0.05, 0.1) is 17.4 Å². The second-order valence-corrected chi connectivity index (χ2v) is 7.59. The molecule has 0 spiro atoms. The van der Waals surface area contributed by atoms with Gasteiger partial charge in [-0.05, 0) is 49.6 Å². The van der Waals surface area contributed by atoms with E-state index in [0.29, 0.717) is 22.4 Å². The Morgan fingerprint density at radius 3 is 2.45 bits per heavy atom. The minimum Gasteiger partial charge on any atom is -0.383 e. The fourth-order valence-electron chi connectivity index (χ4n) is 3.30. The molecule has 1 fully saturated rings. The van der Waals surface area contributed by atoms with Crippen LogP contribution in [0.5, 0.6) is 0 Å². The van der Waals surface area contributed by atoms with Crippen molar-refractivity contribution in [2.24, 2.45) is 0 Å². The van der Waals surface area contributed by atoms with Crippen LogP contribution in [0.25, 0.3) is 5.69 Å². The number of nitrogen functional groups attached to an aromatic ring is 1. The highest BCUT2D eigenvalue weighted by atomic mass is 16.2. The third-order valence-electron chi connectivity index (χ3n) is 5.28. The van der Waals surface area contributed by atoms with E-state index in [1.54, 1.807) is 30.3 Å². The van der Waals surface area contributed by atoms with E-state index in [1.165, 1.54) is 24.0 Å². The number of anilines is 1. The number of carbonyl (C=O) groups is 3. The van der Waals surface area contributed by atoms with Crippen molar-refractivity contribution in [3.8, 4) is 5.69 Å². The van der Waals surface area contributed by atoms with Gasteiger partial charge in [0.1, 0.15) is 5.82 Å². The molecule has 0 radical (unpaired) electrons. The Labute approximate surface area is 179 Å². The summed E-state index contributed by atoms with van der Waals surface area (Å²) in [7, 11) is 1.53. The Morgan fingerprint density at radius 2 is 1.74 bits per heavy atom. The Balaban J connectivity index is 1.66. The summed E-state index contributed by atoms with van der Waals surface area (Å²) in [5.74, 6) is -0.597. The van der Waals surface area contributed by atoms with Gasteiger partial charge in [0.2, 0.25) is 0 Å². The van der Waals surface area contributed by atoms with E-state index in [-0.39, 0.29) is 35.0 Å². The zero-order valence-electron chi connectivity index (χ0n) is 17.3. The predicted octanol–water partition coefficient (Wildman–Crippen LogP) is 2.25. The molecule has 4 rings (SSSR count). The number of ketones is 1. The van der Waals surface area contributed by atoms with Gasteiger partial charge in [0.25, 0.3) is 11.8 Å². The molecule has 31 heavy (non-hydrogen) atoms. The molecule has 0 aliphatic heterocycles. The summed E-state index contributed by atoms with van der Waals surface area (Å²) in [6.45, 7) is 1.88. The highest BCUT2D eigenvalue weighted by molar-refractivity contribution is 6.12. The third-order valence-corrected chi connectivity index (χ3v) is 5.28. The summed E-state index contributed by atoms with van der Waals surface area (Å²) in [5, 5.41) is 9.80. The van der Waals surface area contributed by atoms with Gasteiger partial charge in [-0.3, -0.25) is 14.4 Å². The van der Waals surface area contributed by atoms with Gasteiger partial charge >= 0.3 is 0 Å². The number of carbonyl (C=O) groups excluding carboxylic acids is 3. The average molecular weight is 417 g/mol. The van der Waals surface area contributed by atoms with Crippen molar-refractivity contribution in [3.05, 3.63) is 76.5 Å². The maximum absolute atomic E-state index is 13.0. The first-order valence-corrected chi connectivity index (χ1v) is 10.0. The summed E-state index contributed by atoms with van der Waals surface area (Å²) in [4.78, 5) is 37.3. The Bertz CT molecular complexity index is 1190. The monoisotopic (exact) mass is 417 g/mol. The predicted molar refractivity (Wildman–Crippen MR) is 116 cm³/mol. The number of rotatable bonds is 6. The van der Waals surface area contributed by atoms with Crippen molar-refractivity contribution in [1.29, 1.82) is 0 Å². The van der Waals surface area contributed by atoms with Crippen molar-refractivity contribution in [2.45, 2.75) is 25.8 Å². The van der Waals surface area contributed by atoms with Crippen LogP contribution in [-0.2, 0) is 0 Å². The number of nitrogens with one attached hydrogen (secondary N) is 2. The maximum Gasteiger partial charge on any atom is 0.251 e. The van der Waals surface area contributed by atoms with E-state index in [4.69, 9.17) is 5.73 Å². The van der Waals surface area contributed by atoms with Gasteiger partial charge in [-0.2, -0.15) is 5.10 Å². The molecule has 3 aromatic rings. The van der Waals surface area contributed by atoms with Gasteiger partial charge in [-0.1, -0.05) is 18.2 Å². The molecule has 4 N–H and O–H groups in total. The van der Waals surface area contributed by atoms with Crippen molar-refractivity contribution in [3.63, 3.8) is 0 Å².